The largest absolute Gasteiger partial charge is 0.345 e. The van der Waals surface area contributed by atoms with E-state index in [4.69, 9.17) is 0 Å². The van der Waals surface area contributed by atoms with E-state index >= 15 is 0 Å². The summed E-state index contributed by atoms with van der Waals surface area (Å²) in [4.78, 5) is 12.0. The van der Waals surface area contributed by atoms with Gasteiger partial charge in [-0.05, 0) is 24.6 Å². The Morgan fingerprint density at radius 2 is 2.29 bits per heavy atom. The van der Waals surface area contributed by atoms with Crippen molar-refractivity contribution >= 4 is 21.8 Å². The molecule has 1 aliphatic heterocycles. The van der Waals surface area contributed by atoms with Gasteiger partial charge < -0.3 is 10.6 Å². The number of aryl methyl sites for hydroxylation is 1. The molecule has 0 aliphatic carbocycles. The molecule has 1 aromatic carbocycles. The molecule has 1 amide bonds. The summed E-state index contributed by atoms with van der Waals surface area (Å²) in [5.41, 5.74) is 1.46. The maximum atomic E-state index is 13.4. The first-order valence-electron chi connectivity index (χ1n) is 5.49. The average Bonchev–Trinajstić information content (AvgIpc) is 2.68. The fourth-order valence-electron chi connectivity index (χ4n) is 1.87. The molecule has 17 heavy (non-hydrogen) atoms. The molecule has 3 nitrogen and oxygen atoms in total. The number of rotatable bonds is 2. The molecule has 92 valence electrons. The Bertz CT molecular complexity index is 439. The average molecular weight is 301 g/mol. The van der Waals surface area contributed by atoms with Crippen molar-refractivity contribution in [2.24, 2.45) is 0 Å². The number of carbonyl (C=O) groups excluding carboxylic acids is 1. The molecule has 2 atom stereocenters. The van der Waals surface area contributed by atoms with E-state index in [0.717, 1.165) is 10.0 Å². The summed E-state index contributed by atoms with van der Waals surface area (Å²) in [6.07, 6.45) is -1.01. The zero-order valence-electron chi connectivity index (χ0n) is 9.47. The third kappa shape index (κ3) is 2.84. The summed E-state index contributed by atoms with van der Waals surface area (Å²) < 4.78 is 14.2. The Morgan fingerprint density at radius 3 is 2.94 bits per heavy atom. The van der Waals surface area contributed by atoms with Gasteiger partial charge in [0, 0.05) is 23.1 Å². The molecule has 5 heteroatoms. The van der Waals surface area contributed by atoms with Crippen LogP contribution in [0.5, 0.6) is 0 Å². The standard InChI is InChI=1S/C12H14BrFN2O/c1-7-2-3-8(13)4-9(7)12(17)16-11-6-15-5-10(11)14/h2-4,10-11,15H,5-6H2,1H3,(H,16,17)/t10-,11+/m0/s1. The van der Waals surface area contributed by atoms with Gasteiger partial charge in [0.15, 0.2) is 0 Å². The highest BCUT2D eigenvalue weighted by atomic mass is 79.9. The van der Waals surface area contributed by atoms with Crippen LogP contribution in [0.1, 0.15) is 15.9 Å². The highest BCUT2D eigenvalue weighted by Gasteiger charge is 2.28. The number of nitrogens with one attached hydrogen (secondary N) is 2. The van der Waals surface area contributed by atoms with Crippen molar-refractivity contribution in [3.63, 3.8) is 0 Å². The highest BCUT2D eigenvalue weighted by molar-refractivity contribution is 9.10. The minimum absolute atomic E-state index is 0.222. The van der Waals surface area contributed by atoms with Gasteiger partial charge in [0.25, 0.3) is 5.91 Å². The van der Waals surface area contributed by atoms with Gasteiger partial charge in [0.1, 0.15) is 6.17 Å². The van der Waals surface area contributed by atoms with Crippen molar-refractivity contribution in [3.8, 4) is 0 Å². The smallest absolute Gasteiger partial charge is 0.251 e. The second kappa shape index (κ2) is 5.14. The number of hydrogen-bond donors (Lipinski definition) is 2. The molecule has 1 heterocycles. The van der Waals surface area contributed by atoms with Gasteiger partial charge in [-0.1, -0.05) is 22.0 Å². The first-order chi connectivity index (χ1) is 8.08. The fourth-order valence-corrected chi connectivity index (χ4v) is 2.23. The summed E-state index contributed by atoms with van der Waals surface area (Å²) in [6.45, 7) is 2.66. The zero-order chi connectivity index (χ0) is 12.4. The highest BCUT2D eigenvalue weighted by Crippen LogP contribution is 2.16. The quantitative estimate of drug-likeness (QED) is 0.874. The van der Waals surface area contributed by atoms with Gasteiger partial charge in [-0.3, -0.25) is 4.79 Å². The van der Waals surface area contributed by atoms with Crippen molar-refractivity contribution < 1.29 is 9.18 Å². The van der Waals surface area contributed by atoms with Crippen molar-refractivity contribution in [3.05, 3.63) is 33.8 Å². The van der Waals surface area contributed by atoms with E-state index in [0.29, 0.717) is 18.7 Å². The third-order valence-corrected chi connectivity index (χ3v) is 3.39. The monoisotopic (exact) mass is 300 g/mol. The van der Waals surface area contributed by atoms with E-state index in [-0.39, 0.29) is 5.91 Å². The summed E-state index contributed by atoms with van der Waals surface area (Å²) in [5.74, 6) is -0.222. The number of hydrogen-bond acceptors (Lipinski definition) is 2. The fraction of sp³-hybridized carbons (Fsp3) is 0.417. The first-order valence-corrected chi connectivity index (χ1v) is 6.29. The van der Waals surface area contributed by atoms with Crippen LogP contribution in [0.4, 0.5) is 4.39 Å². The zero-order valence-corrected chi connectivity index (χ0v) is 11.1. The molecule has 1 fully saturated rings. The number of alkyl halides is 1. The lowest BCUT2D eigenvalue weighted by atomic mass is 10.1. The molecule has 0 aromatic heterocycles. The second-order valence-electron chi connectivity index (χ2n) is 4.21. The molecule has 0 bridgehead atoms. The Balaban J connectivity index is 2.11. The molecule has 0 spiro atoms. The number of benzene rings is 1. The van der Waals surface area contributed by atoms with Crippen molar-refractivity contribution in [2.75, 3.05) is 13.1 Å². The van der Waals surface area contributed by atoms with Gasteiger partial charge in [-0.15, -0.1) is 0 Å². The number of halogens is 2. The van der Waals surface area contributed by atoms with E-state index in [1.165, 1.54) is 0 Å². The molecule has 1 aliphatic rings. The van der Waals surface area contributed by atoms with Gasteiger partial charge in [0.2, 0.25) is 0 Å². The lowest BCUT2D eigenvalue weighted by Crippen LogP contribution is -2.41. The minimum atomic E-state index is -1.01. The summed E-state index contributed by atoms with van der Waals surface area (Å²) >= 11 is 3.32. The lowest BCUT2D eigenvalue weighted by molar-refractivity contribution is 0.0923. The Kier molecular flexibility index (Phi) is 3.79. The van der Waals surface area contributed by atoms with Crippen LogP contribution in [0.3, 0.4) is 0 Å². The third-order valence-electron chi connectivity index (χ3n) is 2.90. The molecule has 0 radical (unpaired) electrons. The van der Waals surface area contributed by atoms with Gasteiger partial charge >= 0.3 is 0 Å². The second-order valence-corrected chi connectivity index (χ2v) is 5.13. The SMILES string of the molecule is Cc1ccc(Br)cc1C(=O)N[C@@H]1CNC[C@@H]1F. The molecule has 2 N–H and O–H groups in total. The molecule has 0 saturated carbocycles. The molecule has 0 unspecified atom stereocenters. The van der Waals surface area contributed by atoms with E-state index in [1.807, 2.05) is 19.1 Å². The van der Waals surface area contributed by atoms with Crippen LogP contribution in [-0.2, 0) is 0 Å². The number of amides is 1. The topological polar surface area (TPSA) is 41.1 Å². The Labute approximate surface area is 108 Å². The minimum Gasteiger partial charge on any atom is -0.345 e. The lowest BCUT2D eigenvalue weighted by Gasteiger charge is -2.15. The summed E-state index contributed by atoms with van der Waals surface area (Å²) in [7, 11) is 0. The maximum Gasteiger partial charge on any atom is 0.251 e. The molecular formula is C12H14BrFN2O. The number of carbonyl (C=O) groups is 1. The van der Waals surface area contributed by atoms with Crippen LogP contribution in [-0.4, -0.2) is 31.2 Å². The van der Waals surface area contributed by atoms with Crippen molar-refractivity contribution in [1.29, 1.82) is 0 Å². The summed E-state index contributed by atoms with van der Waals surface area (Å²) in [6, 6.07) is 5.06. The van der Waals surface area contributed by atoms with Crippen LogP contribution in [0.25, 0.3) is 0 Å². The van der Waals surface area contributed by atoms with Crippen LogP contribution in [0, 0.1) is 6.92 Å². The Hall–Kier alpha value is -0.940. The molecule has 1 aromatic rings. The van der Waals surface area contributed by atoms with Crippen LogP contribution in [0.15, 0.2) is 22.7 Å². The predicted octanol–water partition coefficient (Wildman–Crippen LogP) is 1.80. The van der Waals surface area contributed by atoms with Crippen molar-refractivity contribution in [2.45, 2.75) is 19.1 Å². The van der Waals surface area contributed by atoms with E-state index in [1.54, 1.807) is 6.07 Å². The molecule has 1 saturated heterocycles. The van der Waals surface area contributed by atoms with E-state index in [9.17, 15) is 9.18 Å². The first kappa shape index (κ1) is 12.5. The maximum absolute atomic E-state index is 13.4. The van der Waals surface area contributed by atoms with Gasteiger partial charge in [-0.25, -0.2) is 4.39 Å². The summed E-state index contributed by atoms with van der Waals surface area (Å²) in [5, 5.41) is 5.62. The van der Waals surface area contributed by atoms with Gasteiger partial charge in [0.05, 0.1) is 6.04 Å². The van der Waals surface area contributed by atoms with Gasteiger partial charge in [-0.2, -0.15) is 0 Å². The Morgan fingerprint density at radius 1 is 1.53 bits per heavy atom. The van der Waals surface area contributed by atoms with Crippen molar-refractivity contribution in [1.82, 2.24) is 10.6 Å². The van der Waals surface area contributed by atoms with Crippen LogP contribution < -0.4 is 10.6 Å². The van der Waals surface area contributed by atoms with E-state index in [2.05, 4.69) is 26.6 Å². The molecule has 2 rings (SSSR count). The van der Waals surface area contributed by atoms with Crippen LogP contribution >= 0.6 is 15.9 Å². The predicted molar refractivity (Wildman–Crippen MR) is 67.9 cm³/mol. The van der Waals surface area contributed by atoms with Crippen LogP contribution in [0.2, 0.25) is 0 Å². The molecular weight excluding hydrogens is 287 g/mol. The van der Waals surface area contributed by atoms with E-state index < -0.39 is 12.2 Å². The normalized spacial score (nSPS) is 23.7.